The second kappa shape index (κ2) is 7.64. The Morgan fingerprint density at radius 1 is 0.897 bits per heavy atom. The van der Waals surface area contributed by atoms with Gasteiger partial charge in [-0.25, -0.2) is 4.79 Å². The Balaban J connectivity index is 1.49. The van der Waals surface area contributed by atoms with Gasteiger partial charge in [0.25, 0.3) is 5.91 Å². The van der Waals surface area contributed by atoms with Gasteiger partial charge in [0.1, 0.15) is 5.54 Å². The Morgan fingerprint density at radius 2 is 1.48 bits per heavy atom. The van der Waals surface area contributed by atoms with Gasteiger partial charge < -0.3 is 5.32 Å². The highest BCUT2D eigenvalue weighted by atomic mass is 16.2. The molecule has 5 nitrogen and oxygen atoms in total. The predicted octanol–water partition coefficient (Wildman–Crippen LogP) is 3.55. The van der Waals surface area contributed by atoms with Gasteiger partial charge in [-0.05, 0) is 57.3 Å². The molecule has 1 heterocycles. The molecule has 1 spiro atoms. The zero-order chi connectivity index (χ0) is 20.5. The summed E-state index contributed by atoms with van der Waals surface area (Å²) in [6.45, 7) is 0.425. The summed E-state index contributed by atoms with van der Waals surface area (Å²) in [5.41, 5.74) is 1.56. The monoisotopic (exact) mass is 391 g/mol. The van der Waals surface area contributed by atoms with Crippen LogP contribution in [0.5, 0.6) is 0 Å². The highest BCUT2D eigenvalue weighted by Crippen LogP contribution is 2.46. The predicted molar refractivity (Wildman–Crippen MR) is 113 cm³/mol. The summed E-state index contributed by atoms with van der Waals surface area (Å²) in [7, 11) is 4.21. The molecule has 1 saturated heterocycles. The van der Waals surface area contributed by atoms with Crippen molar-refractivity contribution in [1.82, 2.24) is 15.1 Å². The molecule has 2 aromatic carbocycles. The molecule has 0 bridgehead atoms. The normalized spacial score (nSPS) is 26.9. The van der Waals surface area contributed by atoms with Crippen molar-refractivity contribution >= 4 is 11.9 Å². The number of carbonyl (C=O) groups is 2. The number of carbonyl (C=O) groups excluding carboxylic acids is 2. The van der Waals surface area contributed by atoms with Crippen LogP contribution in [0, 0.1) is 0 Å². The first kappa shape index (κ1) is 19.6. The number of benzene rings is 2. The first-order chi connectivity index (χ1) is 14.0. The zero-order valence-electron chi connectivity index (χ0n) is 17.2. The van der Waals surface area contributed by atoms with Crippen molar-refractivity contribution in [1.29, 1.82) is 0 Å². The number of amides is 3. The number of nitrogens with zero attached hydrogens (tertiary/aromatic N) is 2. The lowest BCUT2D eigenvalue weighted by molar-refractivity contribution is -0.133. The minimum absolute atomic E-state index is 0.0566. The molecule has 5 heteroatoms. The lowest BCUT2D eigenvalue weighted by Crippen LogP contribution is -2.55. The summed E-state index contributed by atoms with van der Waals surface area (Å²) in [6, 6.07) is 20.2. The molecule has 29 heavy (non-hydrogen) atoms. The number of nitrogens with one attached hydrogen (secondary N) is 1. The molecule has 152 valence electrons. The van der Waals surface area contributed by atoms with E-state index < -0.39 is 5.54 Å². The second-order valence-electron chi connectivity index (χ2n) is 8.50. The highest BCUT2D eigenvalue weighted by molar-refractivity contribution is 6.07. The number of hydrogen-bond donors (Lipinski definition) is 1. The van der Waals surface area contributed by atoms with Gasteiger partial charge in [0, 0.05) is 12.1 Å². The van der Waals surface area contributed by atoms with E-state index in [4.69, 9.17) is 0 Å². The van der Waals surface area contributed by atoms with Gasteiger partial charge in [0.15, 0.2) is 0 Å². The molecule has 1 aliphatic carbocycles. The summed E-state index contributed by atoms with van der Waals surface area (Å²) < 4.78 is 0. The van der Waals surface area contributed by atoms with Crippen LogP contribution in [0.2, 0.25) is 0 Å². The minimum Gasteiger partial charge on any atom is -0.323 e. The maximum atomic E-state index is 13.3. The van der Waals surface area contributed by atoms with E-state index in [1.54, 1.807) is 0 Å². The summed E-state index contributed by atoms with van der Waals surface area (Å²) in [6.07, 6.45) is 3.67. The fraction of sp³-hybridized carbons (Fsp3) is 0.417. The summed E-state index contributed by atoms with van der Waals surface area (Å²) in [5.74, 6) is -0.0566. The SMILES string of the molecule is CN(C)C1(c2ccccc2)CCC2(CC1)NC(=O)N(CCc1ccccc1)C2=O. The number of imide groups is 1. The molecule has 4 rings (SSSR count). The first-order valence-electron chi connectivity index (χ1n) is 10.4. The van der Waals surface area contributed by atoms with Crippen molar-refractivity contribution in [3.05, 3.63) is 71.8 Å². The zero-order valence-corrected chi connectivity index (χ0v) is 17.2. The van der Waals surface area contributed by atoms with Gasteiger partial charge in [-0.1, -0.05) is 60.7 Å². The van der Waals surface area contributed by atoms with E-state index >= 15 is 0 Å². The van der Waals surface area contributed by atoms with Gasteiger partial charge in [-0.15, -0.1) is 0 Å². The first-order valence-corrected chi connectivity index (χ1v) is 10.4. The maximum absolute atomic E-state index is 13.3. The molecule has 0 atom stereocenters. The van der Waals surface area contributed by atoms with E-state index in [9.17, 15) is 9.59 Å². The molecule has 1 aliphatic heterocycles. The van der Waals surface area contributed by atoms with E-state index in [1.165, 1.54) is 10.5 Å². The van der Waals surface area contributed by atoms with Crippen molar-refractivity contribution in [3.8, 4) is 0 Å². The second-order valence-corrected chi connectivity index (χ2v) is 8.50. The lowest BCUT2D eigenvalue weighted by Gasteiger charge is -2.48. The molecule has 2 aliphatic rings. The van der Waals surface area contributed by atoms with E-state index in [0.717, 1.165) is 18.4 Å². The fourth-order valence-electron chi connectivity index (χ4n) is 4.94. The van der Waals surface area contributed by atoms with Crippen LogP contribution in [-0.4, -0.2) is 47.9 Å². The van der Waals surface area contributed by atoms with E-state index in [0.29, 0.717) is 25.8 Å². The molecule has 1 saturated carbocycles. The summed E-state index contributed by atoms with van der Waals surface area (Å²) in [4.78, 5) is 29.6. The molecule has 0 unspecified atom stereocenters. The van der Waals surface area contributed by atoms with Crippen LogP contribution in [0.1, 0.15) is 36.8 Å². The lowest BCUT2D eigenvalue weighted by atomic mass is 9.68. The maximum Gasteiger partial charge on any atom is 0.325 e. The van der Waals surface area contributed by atoms with E-state index in [1.807, 2.05) is 36.4 Å². The molecule has 1 N–H and O–H groups in total. The highest BCUT2D eigenvalue weighted by Gasteiger charge is 2.55. The molecule has 2 fully saturated rings. The molecular weight excluding hydrogens is 362 g/mol. The van der Waals surface area contributed by atoms with Crippen LogP contribution < -0.4 is 5.32 Å². The smallest absolute Gasteiger partial charge is 0.323 e. The summed E-state index contributed by atoms with van der Waals surface area (Å²) in [5, 5.41) is 3.05. The van der Waals surface area contributed by atoms with Crippen molar-refractivity contribution < 1.29 is 9.59 Å². The topological polar surface area (TPSA) is 52.7 Å². The van der Waals surface area contributed by atoms with E-state index in [-0.39, 0.29) is 17.5 Å². The Labute approximate surface area is 172 Å². The van der Waals surface area contributed by atoms with Crippen LogP contribution in [0.15, 0.2) is 60.7 Å². The van der Waals surface area contributed by atoms with Crippen molar-refractivity contribution in [2.45, 2.75) is 43.2 Å². The van der Waals surface area contributed by atoms with Crippen LogP contribution >= 0.6 is 0 Å². The molecular formula is C24H29N3O2. The van der Waals surface area contributed by atoms with Crippen molar-refractivity contribution in [2.24, 2.45) is 0 Å². The number of urea groups is 1. The van der Waals surface area contributed by atoms with Crippen LogP contribution in [0.3, 0.4) is 0 Å². The third kappa shape index (κ3) is 3.44. The van der Waals surface area contributed by atoms with Crippen LogP contribution in [0.4, 0.5) is 4.79 Å². The van der Waals surface area contributed by atoms with E-state index in [2.05, 4.69) is 48.6 Å². The standard InChI is InChI=1S/C24H29N3O2/c1-26(2)24(20-11-7-4-8-12-20)16-14-23(15-17-24)21(28)27(22(29)25-23)18-13-19-9-5-3-6-10-19/h3-12H,13-18H2,1-2H3,(H,25,29). The average Bonchev–Trinajstić information content (AvgIpc) is 2.97. The van der Waals surface area contributed by atoms with Gasteiger partial charge in [-0.2, -0.15) is 0 Å². The third-order valence-corrected chi connectivity index (χ3v) is 6.81. The Bertz CT molecular complexity index is 872. The van der Waals surface area contributed by atoms with Crippen LogP contribution in [0.25, 0.3) is 0 Å². The van der Waals surface area contributed by atoms with Crippen LogP contribution in [-0.2, 0) is 16.8 Å². The Hall–Kier alpha value is -2.66. The third-order valence-electron chi connectivity index (χ3n) is 6.81. The summed E-state index contributed by atoms with van der Waals surface area (Å²) >= 11 is 0. The van der Waals surface area contributed by atoms with Gasteiger partial charge in [0.05, 0.1) is 0 Å². The molecule has 0 aromatic heterocycles. The van der Waals surface area contributed by atoms with Crippen molar-refractivity contribution in [2.75, 3.05) is 20.6 Å². The van der Waals surface area contributed by atoms with Gasteiger partial charge in [0.2, 0.25) is 0 Å². The van der Waals surface area contributed by atoms with Gasteiger partial charge in [-0.3, -0.25) is 14.6 Å². The molecule has 3 amide bonds. The quantitative estimate of drug-likeness (QED) is 0.793. The average molecular weight is 392 g/mol. The molecule has 2 aromatic rings. The Kier molecular flexibility index (Phi) is 5.17. The van der Waals surface area contributed by atoms with Crippen molar-refractivity contribution in [3.63, 3.8) is 0 Å². The van der Waals surface area contributed by atoms with Gasteiger partial charge >= 0.3 is 6.03 Å². The molecule has 0 radical (unpaired) electrons. The number of rotatable bonds is 5. The fourth-order valence-corrected chi connectivity index (χ4v) is 4.94. The largest absolute Gasteiger partial charge is 0.325 e. The Morgan fingerprint density at radius 3 is 2.07 bits per heavy atom. The number of hydrogen-bond acceptors (Lipinski definition) is 3. The minimum atomic E-state index is -0.748.